The predicted octanol–water partition coefficient (Wildman–Crippen LogP) is 2.31. The molecule has 1 aromatic rings. The molecule has 0 fully saturated rings. The van der Waals surface area contributed by atoms with Crippen LogP contribution < -0.4 is 14.8 Å². The van der Waals surface area contributed by atoms with Gasteiger partial charge in [-0.2, -0.15) is 0 Å². The second kappa shape index (κ2) is 10.1. The van der Waals surface area contributed by atoms with Gasteiger partial charge in [-0.05, 0) is 51.6 Å². The summed E-state index contributed by atoms with van der Waals surface area (Å²) in [5.74, 6) is 1.63. The SMILES string of the molecule is CCOc1ccc(OCCNC(=O)CN(C)C(C)CC)cc1. The van der Waals surface area contributed by atoms with E-state index in [2.05, 4.69) is 19.2 Å². The summed E-state index contributed by atoms with van der Waals surface area (Å²) in [5.41, 5.74) is 0. The third-order valence-electron chi connectivity index (χ3n) is 3.56. The lowest BCUT2D eigenvalue weighted by Crippen LogP contribution is -2.40. The lowest BCUT2D eigenvalue weighted by Gasteiger charge is -2.22. The molecule has 1 atom stereocenters. The van der Waals surface area contributed by atoms with Crippen molar-refractivity contribution in [1.29, 1.82) is 0 Å². The Morgan fingerprint density at radius 1 is 1.18 bits per heavy atom. The first kappa shape index (κ1) is 18.3. The van der Waals surface area contributed by atoms with Crippen molar-refractivity contribution in [2.24, 2.45) is 0 Å². The van der Waals surface area contributed by atoms with E-state index in [0.29, 0.717) is 32.3 Å². The summed E-state index contributed by atoms with van der Waals surface area (Å²) in [6, 6.07) is 7.88. The van der Waals surface area contributed by atoms with Crippen LogP contribution in [0.4, 0.5) is 0 Å². The first-order valence-electron chi connectivity index (χ1n) is 7.89. The highest BCUT2D eigenvalue weighted by Crippen LogP contribution is 2.17. The fraction of sp³-hybridized carbons (Fsp3) is 0.588. The van der Waals surface area contributed by atoms with Gasteiger partial charge in [0.15, 0.2) is 0 Å². The second-order valence-corrected chi connectivity index (χ2v) is 5.28. The molecule has 22 heavy (non-hydrogen) atoms. The van der Waals surface area contributed by atoms with Gasteiger partial charge in [-0.15, -0.1) is 0 Å². The van der Waals surface area contributed by atoms with Crippen molar-refractivity contribution in [3.8, 4) is 11.5 Å². The van der Waals surface area contributed by atoms with Crippen LogP contribution in [0.15, 0.2) is 24.3 Å². The summed E-state index contributed by atoms with van der Waals surface area (Å²) in [6.45, 7) is 8.19. The zero-order chi connectivity index (χ0) is 16.4. The Balaban J connectivity index is 2.20. The Morgan fingerprint density at radius 3 is 2.32 bits per heavy atom. The smallest absolute Gasteiger partial charge is 0.234 e. The van der Waals surface area contributed by atoms with Crippen molar-refractivity contribution in [2.75, 3.05) is 33.4 Å². The number of hydrogen-bond donors (Lipinski definition) is 1. The summed E-state index contributed by atoms with van der Waals surface area (Å²) in [4.78, 5) is 13.8. The second-order valence-electron chi connectivity index (χ2n) is 5.28. The molecular weight excluding hydrogens is 280 g/mol. The van der Waals surface area contributed by atoms with Crippen LogP contribution in [0.25, 0.3) is 0 Å². The Bertz CT molecular complexity index is 434. The van der Waals surface area contributed by atoms with Crippen molar-refractivity contribution < 1.29 is 14.3 Å². The minimum atomic E-state index is 0.0260. The van der Waals surface area contributed by atoms with E-state index >= 15 is 0 Å². The Kier molecular flexibility index (Phi) is 8.36. The molecule has 0 aliphatic heterocycles. The minimum absolute atomic E-state index is 0.0260. The van der Waals surface area contributed by atoms with Crippen LogP contribution in [0.2, 0.25) is 0 Å². The Morgan fingerprint density at radius 2 is 1.77 bits per heavy atom. The highest BCUT2D eigenvalue weighted by atomic mass is 16.5. The molecule has 1 unspecified atom stereocenters. The van der Waals surface area contributed by atoms with Gasteiger partial charge in [0.05, 0.1) is 19.7 Å². The molecule has 0 saturated heterocycles. The van der Waals surface area contributed by atoms with E-state index in [9.17, 15) is 4.79 Å². The van der Waals surface area contributed by atoms with Crippen LogP contribution in [-0.4, -0.2) is 50.2 Å². The monoisotopic (exact) mass is 308 g/mol. The van der Waals surface area contributed by atoms with Crippen LogP contribution in [0.3, 0.4) is 0 Å². The maximum atomic E-state index is 11.8. The number of likely N-dealkylation sites (N-methyl/N-ethyl adjacent to an activating group) is 1. The number of ether oxygens (including phenoxy) is 2. The number of benzene rings is 1. The number of nitrogens with zero attached hydrogens (tertiary/aromatic N) is 1. The van der Waals surface area contributed by atoms with Crippen molar-refractivity contribution in [1.82, 2.24) is 10.2 Å². The summed E-state index contributed by atoms with van der Waals surface area (Å²) in [5, 5.41) is 2.86. The molecule has 1 rings (SSSR count). The van der Waals surface area contributed by atoms with Crippen LogP contribution in [0.5, 0.6) is 11.5 Å². The molecule has 0 saturated carbocycles. The van der Waals surface area contributed by atoms with E-state index in [1.54, 1.807) is 0 Å². The van der Waals surface area contributed by atoms with Gasteiger partial charge < -0.3 is 14.8 Å². The van der Waals surface area contributed by atoms with Crippen LogP contribution in [0, 0.1) is 0 Å². The first-order valence-corrected chi connectivity index (χ1v) is 7.89. The topological polar surface area (TPSA) is 50.8 Å². The number of amides is 1. The standard InChI is InChI=1S/C17H28N2O3/c1-5-14(3)19(4)13-17(20)18-11-12-22-16-9-7-15(8-10-16)21-6-2/h7-10,14H,5-6,11-13H2,1-4H3,(H,18,20). The number of rotatable bonds is 10. The summed E-state index contributed by atoms with van der Waals surface area (Å²) >= 11 is 0. The largest absolute Gasteiger partial charge is 0.494 e. The van der Waals surface area contributed by atoms with E-state index in [1.165, 1.54) is 0 Å². The summed E-state index contributed by atoms with van der Waals surface area (Å²) in [7, 11) is 1.96. The van der Waals surface area contributed by atoms with Crippen LogP contribution in [0.1, 0.15) is 27.2 Å². The lowest BCUT2D eigenvalue weighted by molar-refractivity contribution is -0.122. The van der Waals surface area contributed by atoms with Gasteiger partial charge in [-0.25, -0.2) is 0 Å². The van der Waals surface area contributed by atoms with Gasteiger partial charge in [0, 0.05) is 6.04 Å². The molecule has 1 N–H and O–H groups in total. The normalized spacial score (nSPS) is 12.0. The summed E-state index contributed by atoms with van der Waals surface area (Å²) < 4.78 is 10.9. The van der Waals surface area contributed by atoms with Gasteiger partial charge in [0.1, 0.15) is 18.1 Å². The molecule has 1 aromatic carbocycles. The van der Waals surface area contributed by atoms with Crippen LogP contribution in [-0.2, 0) is 4.79 Å². The fourth-order valence-corrected chi connectivity index (χ4v) is 1.91. The van der Waals surface area contributed by atoms with E-state index in [1.807, 2.05) is 43.1 Å². The Hall–Kier alpha value is -1.75. The molecule has 0 aliphatic carbocycles. The van der Waals surface area contributed by atoms with E-state index < -0.39 is 0 Å². The van der Waals surface area contributed by atoms with Gasteiger partial charge in [0.25, 0.3) is 0 Å². The molecule has 0 aromatic heterocycles. The van der Waals surface area contributed by atoms with Crippen molar-refractivity contribution in [3.05, 3.63) is 24.3 Å². The first-order chi connectivity index (χ1) is 10.6. The van der Waals surface area contributed by atoms with Crippen molar-refractivity contribution in [3.63, 3.8) is 0 Å². The maximum absolute atomic E-state index is 11.8. The minimum Gasteiger partial charge on any atom is -0.494 e. The molecule has 0 spiro atoms. The molecule has 0 radical (unpaired) electrons. The third-order valence-corrected chi connectivity index (χ3v) is 3.56. The maximum Gasteiger partial charge on any atom is 0.234 e. The molecule has 124 valence electrons. The van der Waals surface area contributed by atoms with Gasteiger partial charge in [-0.1, -0.05) is 6.92 Å². The average Bonchev–Trinajstić information content (AvgIpc) is 2.52. The highest BCUT2D eigenvalue weighted by molar-refractivity contribution is 5.77. The molecule has 1 amide bonds. The Labute approximate surface area is 133 Å². The molecule has 0 heterocycles. The van der Waals surface area contributed by atoms with Crippen molar-refractivity contribution in [2.45, 2.75) is 33.2 Å². The lowest BCUT2D eigenvalue weighted by atomic mass is 10.2. The predicted molar refractivity (Wildman–Crippen MR) is 88.5 cm³/mol. The van der Waals surface area contributed by atoms with E-state index in [-0.39, 0.29) is 5.91 Å². The number of carbonyl (C=O) groups is 1. The fourth-order valence-electron chi connectivity index (χ4n) is 1.91. The number of nitrogens with one attached hydrogen (secondary N) is 1. The molecule has 5 nitrogen and oxygen atoms in total. The van der Waals surface area contributed by atoms with Gasteiger partial charge in [-0.3, -0.25) is 9.69 Å². The van der Waals surface area contributed by atoms with Crippen molar-refractivity contribution >= 4 is 5.91 Å². The highest BCUT2D eigenvalue weighted by Gasteiger charge is 2.10. The molecule has 5 heteroatoms. The van der Waals surface area contributed by atoms with Gasteiger partial charge >= 0.3 is 0 Å². The van der Waals surface area contributed by atoms with E-state index in [4.69, 9.17) is 9.47 Å². The third kappa shape index (κ3) is 6.80. The molecule has 0 bridgehead atoms. The molecular formula is C17H28N2O3. The average molecular weight is 308 g/mol. The van der Waals surface area contributed by atoms with Gasteiger partial charge in [0.2, 0.25) is 5.91 Å². The number of carbonyl (C=O) groups excluding carboxylic acids is 1. The quantitative estimate of drug-likeness (QED) is 0.674. The zero-order valence-corrected chi connectivity index (χ0v) is 14.1. The molecule has 0 aliphatic rings. The van der Waals surface area contributed by atoms with Crippen LogP contribution >= 0.6 is 0 Å². The summed E-state index contributed by atoms with van der Waals surface area (Å²) in [6.07, 6.45) is 1.03. The number of hydrogen-bond acceptors (Lipinski definition) is 4. The zero-order valence-electron chi connectivity index (χ0n) is 14.1. The van der Waals surface area contributed by atoms with E-state index in [0.717, 1.165) is 17.9 Å².